The van der Waals surface area contributed by atoms with Gasteiger partial charge in [-0.05, 0) is 12.1 Å². The number of nitrogens with zero attached hydrogens (tertiary/aromatic N) is 2. The number of urea groups is 1. The van der Waals surface area contributed by atoms with E-state index in [1.807, 2.05) is 0 Å². The highest BCUT2D eigenvalue weighted by molar-refractivity contribution is 6.18. The van der Waals surface area contributed by atoms with Crippen LogP contribution in [-0.2, 0) is 11.2 Å². The Morgan fingerprint density at radius 2 is 2.43 bits per heavy atom. The van der Waals surface area contributed by atoms with Crippen LogP contribution < -0.4 is 10.6 Å². The van der Waals surface area contributed by atoms with Crippen molar-refractivity contribution in [3.63, 3.8) is 0 Å². The third-order valence-corrected chi connectivity index (χ3v) is 1.94. The van der Waals surface area contributed by atoms with Gasteiger partial charge in [0.2, 0.25) is 5.91 Å². The summed E-state index contributed by atoms with van der Waals surface area (Å²) >= 11 is 0. The summed E-state index contributed by atoms with van der Waals surface area (Å²) in [5.74, 6) is -0.516. The zero-order chi connectivity index (χ0) is 10.1. The van der Waals surface area contributed by atoms with E-state index in [1.165, 1.54) is 0 Å². The summed E-state index contributed by atoms with van der Waals surface area (Å²) in [7, 11) is 0. The van der Waals surface area contributed by atoms with Crippen LogP contribution in [0.1, 0.15) is 5.69 Å². The van der Waals surface area contributed by atoms with E-state index in [4.69, 9.17) is 5.73 Å². The summed E-state index contributed by atoms with van der Waals surface area (Å²) in [6, 6.07) is 2.47. The number of carbonyl (C=O) groups is 2. The van der Waals surface area contributed by atoms with Crippen molar-refractivity contribution in [1.82, 2.24) is 4.98 Å². The van der Waals surface area contributed by atoms with E-state index in [1.54, 1.807) is 18.3 Å². The van der Waals surface area contributed by atoms with Crippen molar-refractivity contribution >= 4 is 17.6 Å². The van der Waals surface area contributed by atoms with Gasteiger partial charge in [0, 0.05) is 12.6 Å². The smallest absolute Gasteiger partial charge is 0.326 e. The van der Waals surface area contributed by atoms with Gasteiger partial charge in [-0.2, -0.15) is 0 Å². The Kier molecular flexibility index (Phi) is 1.92. The SMILES string of the molecule is NC(=O)N1C(=O)[C]Cc2ncccc21. The molecule has 0 spiro atoms. The van der Waals surface area contributed by atoms with Crippen LogP contribution in [0.15, 0.2) is 18.3 Å². The number of fused-ring (bicyclic) bond motifs is 1. The highest BCUT2D eigenvalue weighted by Gasteiger charge is 2.28. The Balaban J connectivity index is 2.51. The fraction of sp³-hybridized carbons (Fsp3) is 0.111. The van der Waals surface area contributed by atoms with Gasteiger partial charge in [0.25, 0.3) is 0 Å². The third-order valence-electron chi connectivity index (χ3n) is 1.94. The number of nitrogens with two attached hydrogens (primary N) is 1. The summed E-state index contributed by atoms with van der Waals surface area (Å²) in [6.45, 7) is 0. The molecule has 2 N–H and O–H groups in total. The second-order valence-corrected chi connectivity index (χ2v) is 2.80. The van der Waals surface area contributed by atoms with Crippen LogP contribution in [0.3, 0.4) is 0 Å². The van der Waals surface area contributed by atoms with Crippen LogP contribution in [0, 0.1) is 6.42 Å². The van der Waals surface area contributed by atoms with Crippen LogP contribution in [0.25, 0.3) is 0 Å². The molecule has 0 saturated heterocycles. The first-order valence-corrected chi connectivity index (χ1v) is 4.01. The summed E-state index contributed by atoms with van der Waals surface area (Å²) in [5.41, 5.74) is 6.15. The molecule has 2 radical (unpaired) electrons. The molecule has 5 nitrogen and oxygen atoms in total. The van der Waals surface area contributed by atoms with Crippen LogP contribution in [0.4, 0.5) is 10.5 Å². The number of rotatable bonds is 0. The summed E-state index contributed by atoms with van der Waals surface area (Å²) in [5, 5.41) is 0. The lowest BCUT2D eigenvalue weighted by Crippen LogP contribution is -2.44. The second kappa shape index (κ2) is 3.10. The molecule has 0 unspecified atom stereocenters. The number of hydrogen-bond acceptors (Lipinski definition) is 3. The van der Waals surface area contributed by atoms with Crippen LogP contribution in [-0.4, -0.2) is 16.9 Å². The fourth-order valence-electron chi connectivity index (χ4n) is 1.34. The zero-order valence-electron chi connectivity index (χ0n) is 7.23. The molecule has 14 heavy (non-hydrogen) atoms. The number of hydrogen-bond donors (Lipinski definition) is 1. The van der Waals surface area contributed by atoms with E-state index in [9.17, 15) is 9.59 Å². The molecule has 3 amide bonds. The molecule has 70 valence electrons. The van der Waals surface area contributed by atoms with Crippen molar-refractivity contribution in [3.05, 3.63) is 30.4 Å². The lowest BCUT2D eigenvalue weighted by atomic mass is 10.1. The lowest BCUT2D eigenvalue weighted by molar-refractivity contribution is -0.115. The summed E-state index contributed by atoms with van der Waals surface area (Å²) in [6.07, 6.45) is 4.40. The van der Waals surface area contributed by atoms with Crippen molar-refractivity contribution in [1.29, 1.82) is 0 Å². The average molecular weight is 189 g/mol. The number of anilines is 1. The van der Waals surface area contributed by atoms with Gasteiger partial charge in [0.15, 0.2) is 0 Å². The van der Waals surface area contributed by atoms with Gasteiger partial charge in [-0.15, -0.1) is 0 Å². The van der Waals surface area contributed by atoms with E-state index in [0.717, 1.165) is 4.90 Å². The minimum absolute atomic E-state index is 0.318. The Bertz CT molecular complexity index is 403. The van der Waals surface area contributed by atoms with Crippen molar-refractivity contribution in [2.75, 3.05) is 4.90 Å². The van der Waals surface area contributed by atoms with Gasteiger partial charge in [-0.1, -0.05) is 0 Å². The minimum Gasteiger partial charge on any atom is -0.351 e. The maximum atomic E-state index is 11.3. The molecule has 0 saturated carbocycles. The van der Waals surface area contributed by atoms with Crippen molar-refractivity contribution in [2.24, 2.45) is 5.73 Å². The maximum Gasteiger partial charge on any atom is 0.326 e. The molecule has 2 heterocycles. The van der Waals surface area contributed by atoms with Gasteiger partial charge in [0.1, 0.15) is 0 Å². The monoisotopic (exact) mass is 189 g/mol. The number of imide groups is 1. The predicted molar refractivity (Wildman–Crippen MR) is 48.3 cm³/mol. The number of primary amides is 1. The predicted octanol–water partition coefficient (Wildman–Crippen LogP) is 0.131. The molecule has 1 aromatic rings. The van der Waals surface area contributed by atoms with Crippen molar-refractivity contribution in [2.45, 2.75) is 6.42 Å². The van der Waals surface area contributed by atoms with Gasteiger partial charge >= 0.3 is 6.03 Å². The molecule has 0 aromatic carbocycles. The molecular formula is C9H7N3O2. The number of aromatic nitrogens is 1. The summed E-state index contributed by atoms with van der Waals surface area (Å²) in [4.78, 5) is 27.2. The number of carbonyl (C=O) groups excluding carboxylic acids is 2. The van der Waals surface area contributed by atoms with Crippen LogP contribution >= 0.6 is 0 Å². The number of amides is 3. The molecule has 0 aliphatic carbocycles. The van der Waals surface area contributed by atoms with E-state index < -0.39 is 11.9 Å². The first-order chi connectivity index (χ1) is 6.70. The average Bonchev–Trinajstić information content (AvgIpc) is 2.17. The van der Waals surface area contributed by atoms with Gasteiger partial charge < -0.3 is 5.73 Å². The Morgan fingerprint density at radius 1 is 1.64 bits per heavy atom. The first-order valence-electron chi connectivity index (χ1n) is 4.01. The molecule has 2 rings (SSSR count). The van der Waals surface area contributed by atoms with E-state index in [-0.39, 0.29) is 0 Å². The first kappa shape index (κ1) is 8.68. The second-order valence-electron chi connectivity index (χ2n) is 2.80. The molecule has 1 aliphatic heterocycles. The minimum atomic E-state index is -0.809. The molecule has 5 heteroatoms. The van der Waals surface area contributed by atoms with Crippen molar-refractivity contribution < 1.29 is 9.59 Å². The standard InChI is InChI=1S/C9H7N3O2/c10-9(14)12-7-2-1-5-11-6(7)3-4-8(12)13/h1-2,5H,3H2,(H2,10,14). The molecule has 0 fully saturated rings. The quantitative estimate of drug-likeness (QED) is 0.630. The number of pyridine rings is 1. The molecule has 0 atom stereocenters. The third kappa shape index (κ3) is 1.22. The van der Waals surface area contributed by atoms with Gasteiger partial charge in [-0.25, -0.2) is 9.69 Å². The highest BCUT2D eigenvalue weighted by Crippen LogP contribution is 2.24. The molecule has 1 aliphatic rings. The van der Waals surface area contributed by atoms with Gasteiger partial charge in [-0.3, -0.25) is 9.78 Å². The van der Waals surface area contributed by atoms with Crippen LogP contribution in [0.2, 0.25) is 0 Å². The Labute approximate surface area is 80.5 Å². The van der Waals surface area contributed by atoms with E-state index in [0.29, 0.717) is 17.8 Å². The maximum absolute atomic E-state index is 11.3. The van der Waals surface area contributed by atoms with E-state index >= 15 is 0 Å². The lowest BCUT2D eigenvalue weighted by Gasteiger charge is -2.24. The topological polar surface area (TPSA) is 76.3 Å². The van der Waals surface area contributed by atoms with Crippen LogP contribution in [0.5, 0.6) is 0 Å². The fourth-order valence-corrected chi connectivity index (χ4v) is 1.34. The normalized spacial score (nSPS) is 15.1. The highest BCUT2D eigenvalue weighted by atomic mass is 16.2. The van der Waals surface area contributed by atoms with Gasteiger partial charge in [0.05, 0.1) is 17.8 Å². The molecule has 1 aromatic heterocycles. The molecular weight excluding hydrogens is 182 g/mol. The Hall–Kier alpha value is -1.91. The molecule has 0 bridgehead atoms. The largest absolute Gasteiger partial charge is 0.351 e. The zero-order valence-corrected chi connectivity index (χ0v) is 7.23. The summed E-state index contributed by atoms with van der Waals surface area (Å²) < 4.78 is 0. The van der Waals surface area contributed by atoms with Crippen molar-refractivity contribution in [3.8, 4) is 0 Å². The van der Waals surface area contributed by atoms with E-state index in [2.05, 4.69) is 11.4 Å². The Morgan fingerprint density at radius 3 is 3.14 bits per heavy atom.